The summed E-state index contributed by atoms with van der Waals surface area (Å²) in [7, 11) is 0. The van der Waals surface area contributed by atoms with Crippen LogP contribution in [0, 0.1) is 36.9 Å². The van der Waals surface area contributed by atoms with Crippen LogP contribution in [-0.4, -0.2) is 40.7 Å². The molecule has 2 aliphatic rings. The van der Waals surface area contributed by atoms with Gasteiger partial charge in [-0.2, -0.15) is 5.26 Å². The molecule has 1 saturated carbocycles. The molecular formula is C27H27F3N4O2. The molecule has 36 heavy (non-hydrogen) atoms. The molecule has 2 fully saturated rings. The predicted molar refractivity (Wildman–Crippen MR) is 129 cm³/mol. The van der Waals surface area contributed by atoms with E-state index in [4.69, 9.17) is 0 Å². The van der Waals surface area contributed by atoms with Gasteiger partial charge in [0.25, 0.3) is 5.91 Å². The summed E-state index contributed by atoms with van der Waals surface area (Å²) in [6, 6.07) is 6.06. The van der Waals surface area contributed by atoms with Gasteiger partial charge < -0.3 is 10.2 Å². The number of aryl methyl sites for hydroxylation is 1. The molecule has 1 aliphatic carbocycles. The van der Waals surface area contributed by atoms with E-state index in [0.29, 0.717) is 48.4 Å². The number of nitrogens with zero attached hydrogens (tertiary/aromatic N) is 3. The van der Waals surface area contributed by atoms with Crippen LogP contribution in [0.4, 0.5) is 18.9 Å². The maximum atomic E-state index is 14.4. The molecule has 0 radical (unpaired) electrons. The fourth-order valence-electron chi connectivity index (χ4n) is 4.74. The first-order valence-corrected chi connectivity index (χ1v) is 11.9. The van der Waals surface area contributed by atoms with E-state index in [0.717, 1.165) is 5.57 Å². The average molecular weight is 497 g/mol. The second kappa shape index (κ2) is 10.1. The molecule has 0 unspecified atom stereocenters. The topological polar surface area (TPSA) is 86.1 Å². The van der Waals surface area contributed by atoms with Gasteiger partial charge in [-0.15, -0.1) is 0 Å². The highest BCUT2D eigenvalue weighted by Gasteiger charge is 2.43. The van der Waals surface area contributed by atoms with E-state index in [-0.39, 0.29) is 36.3 Å². The van der Waals surface area contributed by atoms with Gasteiger partial charge in [0.1, 0.15) is 11.9 Å². The number of rotatable bonds is 4. The number of nitriles is 1. The zero-order valence-corrected chi connectivity index (χ0v) is 20.2. The van der Waals surface area contributed by atoms with Gasteiger partial charge in [-0.05, 0) is 62.4 Å². The Hall–Kier alpha value is -3.67. The lowest BCUT2D eigenvalue weighted by molar-refractivity contribution is -0.136. The number of hydrogen-bond donors (Lipinski definition) is 1. The minimum absolute atomic E-state index is 0.192. The lowest BCUT2D eigenvalue weighted by Gasteiger charge is -2.30. The summed E-state index contributed by atoms with van der Waals surface area (Å²) in [5.74, 6) is -4.59. The number of likely N-dealkylation sites (tertiary alicyclic amines) is 1. The van der Waals surface area contributed by atoms with Gasteiger partial charge in [-0.3, -0.25) is 14.6 Å². The molecule has 2 heterocycles. The summed E-state index contributed by atoms with van der Waals surface area (Å²) in [4.78, 5) is 31.1. The average Bonchev–Trinajstić information content (AvgIpc) is 3.21. The van der Waals surface area contributed by atoms with Gasteiger partial charge >= 0.3 is 0 Å². The highest BCUT2D eigenvalue weighted by Crippen LogP contribution is 2.40. The lowest BCUT2D eigenvalue weighted by Crippen LogP contribution is -2.39. The Morgan fingerprint density at radius 3 is 2.58 bits per heavy atom. The van der Waals surface area contributed by atoms with E-state index in [1.54, 1.807) is 18.7 Å². The lowest BCUT2D eigenvalue weighted by atomic mass is 9.96. The number of anilines is 1. The van der Waals surface area contributed by atoms with Gasteiger partial charge in [0, 0.05) is 43.7 Å². The number of carbonyl (C=O) groups is 2. The van der Waals surface area contributed by atoms with Crippen LogP contribution in [0.5, 0.6) is 0 Å². The maximum absolute atomic E-state index is 14.4. The number of pyridine rings is 1. The van der Waals surface area contributed by atoms with Crippen LogP contribution in [0.25, 0.3) is 6.08 Å². The quantitative estimate of drug-likeness (QED) is 0.614. The number of alkyl halides is 2. The summed E-state index contributed by atoms with van der Waals surface area (Å²) in [5, 5.41) is 11.9. The summed E-state index contributed by atoms with van der Waals surface area (Å²) in [6.07, 6.45) is 3.97. The van der Waals surface area contributed by atoms with Crippen molar-refractivity contribution in [3.63, 3.8) is 0 Å². The molecule has 188 valence electrons. The zero-order chi connectivity index (χ0) is 26.0. The molecule has 2 amide bonds. The highest BCUT2D eigenvalue weighted by atomic mass is 19.3. The Labute approximate surface area is 207 Å². The van der Waals surface area contributed by atoms with Crippen molar-refractivity contribution in [3.05, 3.63) is 63.7 Å². The molecule has 6 nitrogen and oxygen atoms in total. The van der Waals surface area contributed by atoms with Gasteiger partial charge in [0.2, 0.25) is 11.8 Å². The van der Waals surface area contributed by atoms with Crippen LogP contribution >= 0.6 is 0 Å². The summed E-state index contributed by atoms with van der Waals surface area (Å²) in [5.41, 5.74) is 3.59. The molecule has 1 aliphatic heterocycles. The first kappa shape index (κ1) is 25.4. The van der Waals surface area contributed by atoms with Crippen molar-refractivity contribution in [1.82, 2.24) is 9.88 Å². The van der Waals surface area contributed by atoms with Crippen LogP contribution in [0.2, 0.25) is 0 Å². The molecule has 4 rings (SSSR count). The zero-order valence-electron chi connectivity index (χ0n) is 20.2. The minimum Gasteiger partial charge on any atom is -0.342 e. The Kier molecular flexibility index (Phi) is 7.16. The number of aromatic nitrogens is 1. The minimum atomic E-state index is -2.75. The smallest absolute Gasteiger partial charge is 0.257 e. The van der Waals surface area contributed by atoms with Crippen molar-refractivity contribution in [2.45, 2.75) is 51.9 Å². The largest absolute Gasteiger partial charge is 0.342 e. The van der Waals surface area contributed by atoms with E-state index >= 15 is 0 Å². The monoisotopic (exact) mass is 496 g/mol. The van der Waals surface area contributed by atoms with Crippen molar-refractivity contribution in [3.8, 4) is 6.07 Å². The fourth-order valence-corrected chi connectivity index (χ4v) is 4.74. The first-order chi connectivity index (χ1) is 17.1. The number of carbonyl (C=O) groups excluding carboxylic acids is 2. The third kappa shape index (κ3) is 5.59. The molecule has 9 heteroatoms. The second-order valence-electron chi connectivity index (χ2n) is 9.51. The molecule has 1 N–H and O–H groups in total. The van der Waals surface area contributed by atoms with Crippen molar-refractivity contribution in [2.75, 3.05) is 18.4 Å². The number of benzene rings is 1. The van der Waals surface area contributed by atoms with E-state index in [1.165, 1.54) is 24.4 Å². The molecule has 1 atom stereocenters. The summed E-state index contributed by atoms with van der Waals surface area (Å²) in [6.45, 7) is 4.32. The van der Waals surface area contributed by atoms with Crippen molar-refractivity contribution < 1.29 is 22.8 Å². The maximum Gasteiger partial charge on any atom is 0.257 e. The van der Waals surface area contributed by atoms with Gasteiger partial charge in [-0.1, -0.05) is 11.6 Å². The molecule has 1 saturated heterocycles. The summed E-state index contributed by atoms with van der Waals surface area (Å²) < 4.78 is 41.4. The van der Waals surface area contributed by atoms with Crippen molar-refractivity contribution in [1.29, 1.82) is 5.26 Å². The van der Waals surface area contributed by atoms with Crippen LogP contribution in [0.1, 0.15) is 64.8 Å². The molecule has 0 spiro atoms. The van der Waals surface area contributed by atoms with Crippen LogP contribution in [-0.2, 0) is 4.79 Å². The Morgan fingerprint density at radius 1 is 1.22 bits per heavy atom. The molecule has 2 aromatic rings. The van der Waals surface area contributed by atoms with Gasteiger partial charge in [0.05, 0.1) is 16.8 Å². The Morgan fingerprint density at radius 2 is 1.94 bits per heavy atom. The number of halogens is 3. The van der Waals surface area contributed by atoms with E-state index in [9.17, 15) is 28.0 Å². The Balaban J connectivity index is 1.45. The Bertz CT molecular complexity index is 1270. The molecule has 0 bridgehead atoms. The molecular weight excluding hydrogens is 469 g/mol. The van der Waals surface area contributed by atoms with Crippen molar-refractivity contribution in [2.24, 2.45) is 5.92 Å². The normalized spacial score (nSPS) is 19.1. The molecule has 1 aromatic carbocycles. The number of hydrogen-bond acceptors (Lipinski definition) is 4. The predicted octanol–water partition coefficient (Wildman–Crippen LogP) is 5.40. The van der Waals surface area contributed by atoms with Gasteiger partial charge in [-0.25, -0.2) is 13.2 Å². The first-order valence-electron chi connectivity index (χ1n) is 11.9. The fraction of sp³-hybridized carbons (Fsp3) is 0.407. The third-order valence-electron chi connectivity index (χ3n) is 6.96. The second-order valence-corrected chi connectivity index (χ2v) is 9.51. The van der Waals surface area contributed by atoms with E-state index < -0.39 is 23.6 Å². The third-order valence-corrected chi connectivity index (χ3v) is 6.96. The van der Waals surface area contributed by atoms with Gasteiger partial charge in [0.15, 0.2) is 0 Å². The number of nitrogens with one attached hydrogen (secondary N) is 1. The van der Waals surface area contributed by atoms with Crippen molar-refractivity contribution >= 4 is 23.6 Å². The number of piperidine rings is 1. The standard InChI is InChI=1S/C27H27F3N4O2/c1-16-20(9-18-4-7-34(8-5-18)26(36)19-3-6-27(29,30)13-19)11-23(28)12-24(16)33-25(35)22-10-21(14-31)17(2)32-15-22/h9-12,15,19H,3-8,13H2,1-2H3,(H,33,35)/t19-/m1/s1. The SMILES string of the molecule is Cc1ncc(C(=O)Nc2cc(F)cc(C=C3CCN(C(=O)[C@@H]4CCC(F)(F)C4)CC3)c2C)cc1C#N. The van der Waals surface area contributed by atoms with Crippen LogP contribution < -0.4 is 5.32 Å². The van der Waals surface area contributed by atoms with E-state index in [2.05, 4.69) is 10.3 Å². The van der Waals surface area contributed by atoms with E-state index in [1.807, 2.05) is 12.1 Å². The van der Waals surface area contributed by atoms with Crippen LogP contribution in [0.15, 0.2) is 30.0 Å². The molecule has 1 aromatic heterocycles. The summed E-state index contributed by atoms with van der Waals surface area (Å²) >= 11 is 0. The number of amides is 2. The highest BCUT2D eigenvalue weighted by molar-refractivity contribution is 6.05. The van der Waals surface area contributed by atoms with Crippen LogP contribution in [0.3, 0.4) is 0 Å².